The van der Waals surface area contributed by atoms with Gasteiger partial charge in [-0.25, -0.2) is 0 Å². The van der Waals surface area contributed by atoms with Crippen LogP contribution in [-0.2, 0) is 12.7 Å². The first-order valence-electron chi connectivity index (χ1n) is 12.7. The summed E-state index contributed by atoms with van der Waals surface area (Å²) < 4.78 is 85.7. The molecule has 1 aliphatic rings. The summed E-state index contributed by atoms with van der Waals surface area (Å²) in [6.45, 7) is 1.18. The Bertz CT molecular complexity index is 1510. The number of nitrogens with zero attached hydrogens (tertiary/aromatic N) is 5. The first-order valence-corrected chi connectivity index (χ1v) is 12.7. The Kier molecular flexibility index (Phi) is 8.16. The number of benzene rings is 2. The molecule has 0 N–H and O–H groups in total. The normalized spacial score (nSPS) is 14.7. The number of hydrogen-bond donors (Lipinski definition) is 0. The maximum Gasteiger partial charge on any atom is 0.422 e. The monoisotopic (exact) mass is 591 g/mol. The van der Waals surface area contributed by atoms with Crippen LogP contribution in [0.2, 0.25) is 0 Å². The molecule has 2 aromatic heterocycles. The SMILES string of the molecule is O=C(c1ccc(-c2nc(-c3ccc(C(F)(F)F)cc3)no2)nc1)N1CCN(Cc2cccc(OCC(F)(F)F)c2)CC1. The highest BCUT2D eigenvalue weighted by atomic mass is 19.4. The second kappa shape index (κ2) is 11.8. The van der Waals surface area contributed by atoms with E-state index in [-0.39, 0.29) is 23.4 Å². The van der Waals surface area contributed by atoms with E-state index in [2.05, 4.69) is 20.0 Å². The molecule has 3 heterocycles. The van der Waals surface area contributed by atoms with E-state index in [0.29, 0.717) is 49.5 Å². The van der Waals surface area contributed by atoms with Gasteiger partial charge < -0.3 is 14.2 Å². The van der Waals surface area contributed by atoms with Crippen molar-refractivity contribution in [2.45, 2.75) is 18.9 Å². The van der Waals surface area contributed by atoms with Crippen LogP contribution in [-0.4, -0.2) is 69.8 Å². The molecule has 0 bridgehead atoms. The molecule has 1 saturated heterocycles. The van der Waals surface area contributed by atoms with Crippen LogP contribution in [0.1, 0.15) is 21.5 Å². The quantitative estimate of drug-likeness (QED) is 0.255. The Labute approximate surface area is 235 Å². The van der Waals surface area contributed by atoms with Gasteiger partial charge in [0.15, 0.2) is 6.61 Å². The van der Waals surface area contributed by atoms with Crippen molar-refractivity contribution >= 4 is 5.91 Å². The van der Waals surface area contributed by atoms with Gasteiger partial charge in [0.05, 0.1) is 11.1 Å². The smallest absolute Gasteiger partial charge is 0.422 e. The number of halogens is 6. The molecule has 2 aromatic carbocycles. The van der Waals surface area contributed by atoms with Gasteiger partial charge in [0.1, 0.15) is 11.4 Å². The lowest BCUT2D eigenvalue weighted by atomic mass is 10.1. The number of amides is 1. The van der Waals surface area contributed by atoms with Gasteiger partial charge in [-0.05, 0) is 42.0 Å². The summed E-state index contributed by atoms with van der Waals surface area (Å²) in [5, 5.41) is 3.81. The molecule has 1 amide bonds. The summed E-state index contributed by atoms with van der Waals surface area (Å²) in [5.41, 5.74) is 0.998. The molecule has 1 aliphatic heterocycles. The molecular formula is C28H23F6N5O3. The van der Waals surface area contributed by atoms with Crippen molar-refractivity contribution in [3.63, 3.8) is 0 Å². The number of aromatic nitrogens is 3. The third-order valence-electron chi connectivity index (χ3n) is 6.49. The first-order chi connectivity index (χ1) is 19.9. The number of pyridine rings is 1. The van der Waals surface area contributed by atoms with Crippen LogP contribution in [0.4, 0.5) is 26.3 Å². The molecule has 0 unspecified atom stereocenters. The summed E-state index contributed by atoms with van der Waals surface area (Å²) in [5.74, 6) is 0.0719. The van der Waals surface area contributed by atoms with Crippen LogP contribution in [0, 0.1) is 0 Å². The highest BCUT2D eigenvalue weighted by Gasteiger charge is 2.30. The summed E-state index contributed by atoms with van der Waals surface area (Å²) in [6.07, 6.45) is -7.48. The minimum Gasteiger partial charge on any atom is -0.484 e. The maximum atomic E-state index is 13.0. The Balaban J connectivity index is 1.15. The summed E-state index contributed by atoms with van der Waals surface area (Å²) in [6, 6.07) is 14.0. The van der Waals surface area contributed by atoms with E-state index in [1.807, 2.05) is 0 Å². The molecule has 0 saturated carbocycles. The fourth-order valence-electron chi connectivity index (χ4n) is 4.35. The number of carbonyl (C=O) groups excluding carboxylic acids is 1. The Morgan fingerprint density at radius 2 is 1.67 bits per heavy atom. The van der Waals surface area contributed by atoms with Crippen LogP contribution in [0.15, 0.2) is 71.4 Å². The third-order valence-corrected chi connectivity index (χ3v) is 6.49. The van der Waals surface area contributed by atoms with Crippen molar-refractivity contribution in [1.82, 2.24) is 24.9 Å². The van der Waals surface area contributed by atoms with Gasteiger partial charge in [-0.1, -0.05) is 29.4 Å². The highest BCUT2D eigenvalue weighted by Crippen LogP contribution is 2.31. The Morgan fingerprint density at radius 3 is 2.31 bits per heavy atom. The van der Waals surface area contributed by atoms with Crippen LogP contribution in [0.3, 0.4) is 0 Å². The van der Waals surface area contributed by atoms with Crippen molar-refractivity contribution in [2.24, 2.45) is 0 Å². The van der Waals surface area contributed by atoms with Crippen molar-refractivity contribution in [2.75, 3.05) is 32.8 Å². The van der Waals surface area contributed by atoms with Crippen LogP contribution < -0.4 is 4.74 Å². The van der Waals surface area contributed by atoms with Gasteiger partial charge >= 0.3 is 12.4 Å². The number of carbonyl (C=O) groups is 1. The average molecular weight is 592 g/mol. The number of rotatable bonds is 7. The van der Waals surface area contributed by atoms with E-state index >= 15 is 0 Å². The zero-order chi connectivity index (χ0) is 29.9. The molecule has 0 spiro atoms. The fourth-order valence-corrected chi connectivity index (χ4v) is 4.35. The van der Waals surface area contributed by atoms with Crippen molar-refractivity contribution in [3.05, 3.63) is 83.6 Å². The molecule has 4 aromatic rings. The number of alkyl halides is 6. The van der Waals surface area contributed by atoms with E-state index in [1.54, 1.807) is 35.2 Å². The zero-order valence-corrected chi connectivity index (χ0v) is 21.8. The lowest BCUT2D eigenvalue weighted by Crippen LogP contribution is -2.48. The minimum absolute atomic E-state index is 0.0467. The second-order valence-corrected chi connectivity index (χ2v) is 9.55. The largest absolute Gasteiger partial charge is 0.484 e. The molecule has 8 nitrogen and oxygen atoms in total. The predicted molar refractivity (Wildman–Crippen MR) is 137 cm³/mol. The molecule has 1 fully saturated rings. The topological polar surface area (TPSA) is 84.6 Å². The van der Waals surface area contributed by atoms with E-state index in [1.165, 1.54) is 24.4 Å². The molecule has 0 radical (unpaired) electrons. The van der Waals surface area contributed by atoms with Gasteiger partial charge in [-0.2, -0.15) is 31.3 Å². The lowest BCUT2D eigenvalue weighted by molar-refractivity contribution is -0.153. The van der Waals surface area contributed by atoms with Crippen molar-refractivity contribution < 1.29 is 40.4 Å². The Hall–Kier alpha value is -4.46. The standard InChI is InChI=1S/C28H23F6N5O3/c29-27(30,31)17-41-22-3-1-2-18(14-22)16-38-10-12-39(13-11-38)26(40)20-6-9-23(35-15-20)25-36-24(37-42-25)19-4-7-21(8-5-19)28(32,33)34/h1-9,14-15H,10-13,16-17H2. The molecule has 220 valence electrons. The van der Waals surface area contributed by atoms with Crippen molar-refractivity contribution in [1.29, 1.82) is 0 Å². The van der Waals surface area contributed by atoms with E-state index < -0.39 is 24.5 Å². The minimum atomic E-state index is -4.45. The molecule has 5 rings (SSSR count). The predicted octanol–water partition coefficient (Wildman–Crippen LogP) is 5.72. The molecule has 0 atom stereocenters. The van der Waals surface area contributed by atoms with E-state index in [9.17, 15) is 31.1 Å². The Morgan fingerprint density at radius 1 is 0.929 bits per heavy atom. The average Bonchev–Trinajstić information content (AvgIpc) is 3.46. The summed E-state index contributed by atoms with van der Waals surface area (Å²) in [4.78, 5) is 25.2. The van der Waals surface area contributed by atoms with Gasteiger partial charge in [-0.3, -0.25) is 14.7 Å². The van der Waals surface area contributed by atoms with Gasteiger partial charge in [0, 0.05) is 44.5 Å². The van der Waals surface area contributed by atoms with Gasteiger partial charge in [0.2, 0.25) is 5.82 Å². The molecule has 42 heavy (non-hydrogen) atoms. The first kappa shape index (κ1) is 29.0. The molecule has 0 aliphatic carbocycles. The number of hydrogen-bond acceptors (Lipinski definition) is 7. The van der Waals surface area contributed by atoms with Crippen molar-refractivity contribution in [3.8, 4) is 28.7 Å². The fraction of sp³-hybridized carbons (Fsp3) is 0.286. The summed E-state index contributed by atoms with van der Waals surface area (Å²) in [7, 11) is 0. The van der Waals surface area contributed by atoms with Crippen LogP contribution in [0.25, 0.3) is 23.0 Å². The summed E-state index contributed by atoms with van der Waals surface area (Å²) >= 11 is 0. The highest BCUT2D eigenvalue weighted by molar-refractivity contribution is 5.94. The molecular weight excluding hydrogens is 568 g/mol. The number of piperazine rings is 1. The molecule has 14 heteroatoms. The van der Waals surface area contributed by atoms with E-state index in [0.717, 1.165) is 17.7 Å². The maximum absolute atomic E-state index is 13.0. The van der Waals surface area contributed by atoms with Crippen LogP contribution in [0.5, 0.6) is 5.75 Å². The number of ether oxygens (including phenoxy) is 1. The second-order valence-electron chi connectivity index (χ2n) is 9.55. The zero-order valence-electron chi connectivity index (χ0n) is 21.8. The van der Waals surface area contributed by atoms with Gasteiger partial charge in [-0.15, -0.1) is 0 Å². The van der Waals surface area contributed by atoms with Gasteiger partial charge in [0.25, 0.3) is 11.8 Å². The van der Waals surface area contributed by atoms with Crippen LogP contribution >= 0.6 is 0 Å². The lowest BCUT2D eigenvalue weighted by Gasteiger charge is -2.34. The van der Waals surface area contributed by atoms with E-state index in [4.69, 9.17) is 9.26 Å². The third kappa shape index (κ3) is 7.24.